The van der Waals surface area contributed by atoms with Crippen LogP contribution in [0.2, 0.25) is 0 Å². The van der Waals surface area contributed by atoms with E-state index in [9.17, 15) is 9.59 Å². The van der Waals surface area contributed by atoms with Crippen molar-refractivity contribution in [2.75, 3.05) is 0 Å². The molecule has 3 atom stereocenters. The van der Waals surface area contributed by atoms with Crippen molar-refractivity contribution in [1.29, 1.82) is 0 Å². The van der Waals surface area contributed by atoms with Gasteiger partial charge in [0.2, 0.25) is 0 Å². The first-order valence-electron chi connectivity index (χ1n) is 9.98. The quantitative estimate of drug-likeness (QED) is 0.866. The molecule has 1 aliphatic carbocycles. The molecule has 2 heterocycles. The third-order valence-electron chi connectivity index (χ3n) is 6.64. The van der Waals surface area contributed by atoms with Crippen LogP contribution in [0.4, 0.5) is 4.79 Å². The first kappa shape index (κ1) is 17.4. The second-order valence-corrected chi connectivity index (χ2v) is 8.21. The summed E-state index contributed by atoms with van der Waals surface area (Å²) in [5.41, 5.74) is 1.40. The van der Waals surface area contributed by atoms with Crippen LogP contribution in [0, 0.1) is 5.92 Å². The van der Waals surface area contributed by atoms with Crippen molar-refractivity contribution < 1.29 is 14.7 Å². The molecule has 2 aliphatic heterocycles. The highest BCUT2D eigenvalue weighted by Crippen LogP contribution is 2.43. The van der Waals surface area contributed by atoms with Gasteiger partial charge < -0.3 is 15.3 Å². The van der Waals surface area contributed by atoms with Gasteiger partial charge in [-0.15, -0.1) is 0 Å². The Hall–Kier alpha value is -2.04. The number of fused-ring (bicyclic) bond motifs is 2. The van der Waals surface area contributed by atoms with Crippen molar-refractivity contribution >= 4 is 12.0 Å². The molecular weight excluding hydrogens is 328 g/mol. The van der Waals surface area contributed by atoms with Crippen LogP contribution in [0.5, 0.6) is 0 Å². The molecule has 5 nitrogen and oxygen atoms in total. The Morgan fingerprint density at radius 3 is 2.12 bits per heavy atom. The summed E-state index contributed by atoms with van der Waals surface area (Å²) in [4.78, 5) is 26.1. The van der Waals surface area contributed by atoms with Gasteiger partial charge in [-0.1, -0.05) is 30.3 Å². The molecule has 1 aromatic carbocycles. The van der Waals surface area contributed by atoms with E-state index in [0.717, 1.165) is 38.5 Å². The van der Waals surface area contributed by atoms with Crippen molar-refractivity contribution in [3.63, 3.8) is 0 Å². The minimum absolute atomic E-state index is 0.0720. The fourth-order valence-corrected chi connectivity index (χ4v) is 5.24. The molecule has 2 saturated heterocycles. The number of piperidine rings is 1. The van der Waals surface area contributed by atoms with Crippen molar-refractivity contribution in [3.8, 4) is 0 Å². The number of aliphatic carboxylic acids is 1. The molecule has 140 valence electrons. The van der Waals surface area contributed by atoms with Crippen LogP contribution in [0.1, 0.15) is 62.8 Å². The Balaban J connectivity index is 1.34. The van der Waals surface area contributed by atoms with E-state index in [4.69, 9.17) is 5.11 Å². The van der Waals surface area contributed by atoms with Gasteiger partial charge >= 0.3 is 12.0 Å². The maximum Gasteiger partial charge on any atom is 0.318 e. The smallest absolute Gasteiger partial charge is 0.318 e. The minimum Gasteiger partial charge on any atom is -0.481 e. The first-order valence-corrected chi connectivity index (χ1v) is 9.98. The Labute approximate surface area is 154 Å². The molecule has 26 heavy (non-hydrogen) atoms. The SMILES string of the molecule is O=C(O)C1CCC(NC(=O)N2[C@@H]3CC[C@H]2CC(c2ccccc2)C3)CC1. The summed E-state index contributed by atoms with van der Waals surface area (Å²) < 4.78 is 0. The van der Waals surface area contributed by atoms with E-state index in [-0.39, 0.29) is 18.0 Å². The van der Waals surface area contributed by atoms with E-state index in [2.05, 4.69) is 40.5 Å². The lowest BCUT2D eigenvalue weighted by Crippen LogP contribution is -2.53. The molecule has 2 amide bonds. The van der Waals surface area contributed by atoms with Gasteiger partial charge in [-0.3, -0.25) is 4.79 Å². The number of nitrogens with zero attached hydrogens (tertiary/aromatic N) is 1. The van der Waals surface area contributed by atoms with Gasteiger partial charge in [0.15, 0.2) is 0 Å². The van der Waals surface area contributed by atoms with Gasteiger partial charge in [0.25, 0.3) is 0 Å². The number of hydrogen-bond donors (Lipinski definition) is 2. The molecule has 1 saturated carbocycles. The summed E-state index contributed by atoms with van der Waals surface area (Å²) in [5, 5.41) is 12.3. The zero-order valence-corrected chi connectivity index (χ0v) is 15.1. The Morgan fingerprint density at radius 2 is 1.54 bits per heavy atom. The molecule has 1 aromatic rings. The van der Waals surface area contributed by atoms with E-state index < -0.39 is 5.97 Å². The second kappa shape index (κ2) is 7.29. The first-order chi connectivity index (χ1) is 12.6. The van der Waals surface area contributed by atoms with Crippen molar-refractivity contribution in [2.45, 2.75) is 75.4 Å². The number of rotatable bonds is 3. The number of carbonyl (C=O) groups excluding carboxylic acids is 1. The van der Waals surface area contributed by atoms with E-state index in [1.165, 1.54) is 5.56 Å². The molecule has 2 bridgehead atoms. The molecule has 3 aliphatic rings. The molecule has 1 unspecified atom stereocenters. The highest BCUT2D eigenvalue weighted by Gasteiger charge is 2.44. The fourth-order valence-electron chi connectivity index (χ4n) is 5.24. The van der Waals surface area contributed by atoms with Gasteiger partial charge in [0.1, 0.15) is 0 Å². The molecule has 0 spiro atoms. The van der Waals surface area contributed by atoms with Gasteiger partial charge in [-0.25, -0.2) is 4.79 Å². The number of amides is 2. The van der Waals surface area contributed by atoms with Gasteiger partial charge in [0, 0.05) is 18.1 Å². The molecule has 3 fully saturated rings. The molecular formula is C21H28N2O3. The Bertz CT molecular complexity index is 640. The lowest BCUT2D eigenvalue weighted by Gasteiger charge is -2.40. The molecule has 2 N–H and O–H groups in total. The standard InChI is InChI=1S/C21H28N2O3/c24-20(25)15-6-8-17(9-7-15)22-21(26)23-18-10-11-19(23)13-16(12-18)14-4-2-1-3-5-14/h1-5,15-19H,6-13H2,(H,22,26)(H,24,25)/t15?,16?,17?,18-,19+. The minimum atomic E-state index is -0.698. The van der Waals surface area contributed by atoms with Crippen molar-refractivity contribution in [1.82, 2.24) is 10.2 Å². The summed E-state index contributed by atoms with van der Waals surface area (Å²) in [7, 11) is 0. The van der Waals surface area contributed by atoms with E-state index >= 15 is 0 Å². The topological polar surface area (TPSA) is 69.6 Å². The lowest BCUT2D eigenvalue weighted by atomic mass is 9.85. The largest absolute Gasteiger partial charge is 0.481 e. The fraction of sp³-hybridized carbons (Fsp3) is 0.619. The normalized spacial score (nSPS) is 33.7. The number of carbonyl (C=O) groups is 2. The van der Waals surface area contributed by atoms with Crippen LogP contribution in [0.25, 0.3) is 0 Å². The number of carboxylic acid groups (broad SMARTS) is 1. The highest BCUT2D eigenvalue weighted by atomic mass is 16.4. The van der Waals surface area contributed by atoms with E-state index in [1.54, 1.807) is 0 Å². The molecule has 5 heteroatoms. The van der Waals surface area contributed by atoms with Crippen molar-refractivity contribution in [2.24, 2.45) is 5.92 Å². The number of carboxylic acids is 1. The van der Waals surface area contributed by atoms with Crippen LogP contribution in [-0.2, 0) is 4.79 Å². The van der Waals surface area contributed by atoms with Gasteiger partial charge in [0.05, 0.1) is 5.92 Å². The number of hydrogen-bond acceptors (Lipinski definition) is 2. The summed E-state index contributed by atoms with van der Waals surface area (Å²) >= 11 is 0. The van der Waals surface area contributed by atoms with Crippen LogP contribution >= 0.6 is 0 Å². The van der Waals surface area contributed by atoms with Crippen LogP contribution in [-0.4, -0.2) is 40.1 Å². The maximum atomic E-state index is 12.9. The van der Waals surface area contributed by atoms with Crippen LogP contribution in [0.15, 0.2) is 30.3 Å². The Kier molecular flexibility index (Phi) is 4.88. The van der Waals surface area contributed by atoms with Crippen LogP contribution in [0.3, 0.4) is 0 Å². The van der Waals surface area contributed by atoms with Crippen LogP contribution < -0.4 is 5.32 Å². The monoisotopic (exact) mass is 356 g/mol. The summed E-state index contributed by atoms with van der Waals surface area (Å²) in [5.74, 6) is -0.375. The molecule has 0 aromatic heterocycles. The summed E-state index contributed by atoms with van der Waals surface area (Å²) in [6, 6.07) is 11.6. The lowest BCUT2D eigenvalue weighted by molar-refractivity contribution is -0.142. The number of urea groups is 1. The molecule has 0 radical (unpaired) electrons. The average molecular weight is 356 g/mol. The average Bonchev–Trinajstić information content (AvgIpc) is 2.93. The summed E-state index contributed by atoms with van der Waals surface area (Å²) in [6.07, 6.45) is 7.21. The predicted octanol–water partition coefficient (Wildman–Crippen LogP) is 3.75. The zero-order chi connectivity index (χ0) is 18.1. The number of nitrogens with one attached hydrogen (secondary N) is 1. The second-order valence-electron chi connectivity index (χ2n) is 8.21. The Morgan fingerprint density at radius 1 is 0.923 bits per heavy atom. The zero-order valence-electron chi connectivity index (χ0n) is 15.1. The summed E-state index contributed by atoms with van der Waals surface area (Å²) in [6.45, 7) is 0. The predicted molar refractivity (Wildman–Crippen MR) is 99.0 cm³/mol. The van der Waals surface area contributed by atoms with E-state index in [1.807, 2.05) is 0 Å². The third kappa shape index (κ3) is 3.44. The van der Waals surface area contributed by atoms with Gasteiger partial charge in [-0.2, -0.15) is 0 Å². The molecule has 4 rings (SSSR count). The van der Waals surface area contributed by atoms with Gasteiger partial charge in [-0.05, 0) is 62.8 Å². The van der Waals surface area contributed by atoms with E-state index in [0.29, 0.717) is 30.8 Å². The highest BCUT2D eigenvalue weighted by molar-refractivity contribution is 5.76. The van der Waals surface area contributed by atoms with Crippen molar-refractivity contribution in [3.05, 3.63) is 35.9 Å². The number of benzene rings is 1. The third-order valence-corrected chi connectivity index (χ3v) is 6.64. The maximum absolute atomic E-state index is 12.9.